The molecule has 5 nitrogen and oxygen atoms in total. The summed E-state index contributed by atoms with van der Waals surface area (Å²) >= 11 is 6.22. The van der Waals surface area contributed by atoms with Crippen LogP contribution in [0.4, 0.5) is 5.82 Å². The van der Waals surface area contributed by atoms with Crippen LogP contribution in [0.2, 0.25) is 5.02 Å². The van der Waals surface area contributed by atoms with Gasteiger partial charge in [0, 0.05) is 11.8 Å². The van der Waals surface area contributed by atoms with Gasteiger partial charge in [-0.25, -0.2) is 4.98 Å². The molecule has 0 radical (unpaired) electrons. The van der Waals surface area contributed by atoms with Gasteiger partial charge in [0.1, 0.15) is 5.82 Å². The summed E-state index contributed by atoms with van der Waals surface area (Å²) in [5.41, 5.74) is 14.8. The summed E-state index contributed by atoms with van der Waals surface area (Å²) in [7, 11) is 3.08. The third kappa shape index (κ3) is 2.89. The molecule has 6 heteroatoms. The molecule has 21 heavy (non-hydrogen) atoms. The van der Waals surface area contributed by atoms with E-state index in [1.165, 1.54) is 7.11 Å². The molecule has 0 spiro atoms. The minimum atomic E-state index is -0.448. The van der Waals surface area contributed by atoms with Crippen LogP contribution >= 0.6 is 11.6 Å². The molecule has 0 bridgehead atoms. The second-order valence-electron chi connectivity index (χ2n) is 4.64. The van der Waals surface area contributed by atoms with Crippen LogP contribution in [0, 0.1) is 6.92 Å². The fraction of sp³-hybridized carbons (Fsp3) is 0.267. The van der Waals surface area contributed by atoms with E-state index >= 15 is 0 Å². The standard InChI is InChI=1S/C15H18ClN3O2/c1-8-4-5-19-15(18)12(8)13(17)9-6-10(16)14(21-3)11(7-9)20-2/h4-7,13H,17H2,1-3H3,(H2,18,19). The molecule has 1 aromatic carbocycles. The number of halogens is 1. The molecule has 0 fully saturated rings. The SMILES string of the molecule is COc1cc(C(N)c2c(C)ccnc2N)cc(Cl)c1OC. The van der Waals surface area contributed by atoms with Crippen LogP contribution in [0.3, 0.4) is 0 Å². The van der Waals surface area contributed by atoms with Crippen molar-refractivity contribution in [2.24, 2.45) is 5.73 Å². The molecule has 112 valence electrons. The van der Waals surface area contributed by atoms with Gasteiger partial charge in [0.05, 0.1) is 25.3 Å². The fourth-order valence-electron chi connectivity index (χ4n) is 2.28. The number of pyridine rings is 1. The molecule has 0 aliphatic carbocycles. The molecule has 0 amide bonds. The monoisotopic (exact) mass is 307 g/mol. The zero-order chi connectivity index (χ0) is 15.6. The highest BCUT2D eigenvalue weighted by molar-refractivity contribution is 6.32. The maximum atomic E-state index is 6.33. The molecular weight excluding hydrogens is 290 g/mol. The van der Waals surface area contributed by atoms with E-state index in [9.17, 15) is 0 Å². The van der Waals surface area contributed by atoms with Crippen LogP contribution in [-0.2, 0) is 0 Å². The predicted molar refractivity (Wildman–Crippen MR) is 84.0 cm³/mol. The number of aromatic nitrogens is 1. The van der Waals surface area contributed by atoms with Gasteiger partial charge in [0.25, 0.3) is 0 Å². The summed E-state index contributed by atoms with van der Waals surface area (Å²) in [6.07, 6.45) is 1.66. The number of methoxy groups -OCH3 is 2. The molecule has 0 aliphatic rings. The summed E-state index contributed by atoms with van der Waals surface area (Å²) in [5, 5.41) is 0.433. The first-order valence-electron chi connectivity index (χ1n) is 6.37. The van der Waals surface area contributed by atoms with Gasteiger partial charge >= 0.3 is 0 Å². The average molecular weight is 308 g/mol. The molecule has 1 aromatic heterocycles. The summed E-state index contributed by atoms with van der Waals surface area (Å²) in [6, 6.07) is 4.96. The predicted octanol–water partition coefficient (Wildman–Crippen LogP) is 2.69. The molecule has 2 rings (SSSR count). The number of hydrogen-bond donors (Lipinski definition) is 2. The number of ether oxygens (including phenoxy) is 2. The molecule has 0 saturated heterocycles. The smallest absolute Gasteiger partial charge is 0.179 e. The van der Waals surface area contributed by atoms with Gasteiger partial charge in [-0.05, 0) is 36.2 Å². The molecule has 0 saturated carbocycles. The molecule has 4 N–H and O–H groups in total. The van der Waals surface area contributed by atoms with Crippen molar-refractivity contribution in [3.63, 3.8) is 0 Å². The number of nitrogen functional groups attached to an aromatic ring is 1. The van der Waals surface area contributed by atoms with Gasteiger partial charge in [-0.3, -0.25) is 0 Å². The Kier molecular flexibility index (Phi) is 4.55. The zero-order valence-electron chi connectivity index (χ0n) is 12.2. The van der Waals surface area contributed by atoms with Crippen molar-refractivity contribution in [3.8, 4) is 11.5 Å². The van der Waals surface area contributed by atoms with Crippen LogP contribution in [0.25, 0.3) is 0 Å². The lowest BCUT2D eigenvalue weighted by Gasteiger charge is -2.19. The van der Waals surface area contributed by atoms with E-state index in [0.717, 1.165) is 16.7 Å². The Morgan fingerprint density at radius 1 is 1.24 bits per heavy atom. The summed E-state index contributed by atoms with van der Waals surface area (Å²) in [6.45, 7) is 1.94. The Morgan fingerprint density at radius 2 is 1.95 bits per heavy atom. The second kappa shape index (κ2) is 6.20. The molecular formula is C15H18ClN3O2. The van der Waals surface area contributed by atoms with Crippen molar-refractivity contribution < 1.29 is 9.47 Å². The van der Waals surface area contributed by atoms with Crippen molar-refractivity contribution in [3.05, 3.63) is 46.1 Å². The lowest BCUT2D eigenvalue weighted by atomic mass is 9.96. The van der Waals surface area contributed by atoms with Crippen molar-refractivity contribution >= 4 is 17.4 Å². The van der Waals surface area contributed by atoms with E-state index in [1.54, 1.807) is 25.4 Å². The molecule has 2 aromatic rings. The van der Waals surface area contributed by atoms with Gasteiger partial charge in [-0.2, -0.15) is 0 Å². The van der Waals surface area contributed by atoms with Crippen molar-refractivity contribution in [1.29, 1.82) is 0 Å². The Bertz CT molecular complexity index is 641. The Balaban J connectivity index is 2.54. The molecule has 0 aliphatic heterocycles. The van der Waals surface area contributed by atoms with Gasteiger partial charge < -0.3 is 20.9 Å². The van der Waals surface area contributed by atoms with Crippen LogP contribution in [0.1, 0.15) is 22.7 Å². The van der Waals surface area contributed by atoms with Crippen molar-refractivity contribution in [2.75, 3.05) is 20.0 Å². The number of rotatable bonds is 4. The first kappa shape index (κ1) is 15.4. The highest BCUT2D eigenvalue weighted by atomic mass is 35.5. The van der Waals surface area contributed by atoms with E-state index in [0.29, 0.717) is 22.3 Å². The highest BCUT2D eigenvalue weighted by Crippen LogP contribution is 2.39. The number of benzene rings is 1. The number of nitrogens with two attached hydrogens (primary N) is 2. The second-order valence-corrected chi connectivity index (χ2v) is 5.05. The average Bonchev–Trinajstić information content (AvgIpc) is 2.45. The third-order valence-electron chi connectivity index (χ3n) is 3.36. The lowest BCUT2D eigenvalue weighted by Crippen LogP contribution is -2.16. The minimum Gasteiger partial charge on any atom is -0.493 e. The first-order valence-corrected chi connectivity index (χ1v) is 6.75. The Hall–Kier alpha value is -1.98. The van der Waals surface area contributed by atoms with Crippen LogP contribution in [-0.4, -0.2) is 19.2 Å². The van der Waals surface area contributed by atoms with Crippen LogP contribution in [0.15, 0.2) is 24.4 Å². The summed E-state index contributed by atoms with van der Waals surface area (Å²) in [5.74, 6) is 1.41. The molecule has 1 unspecified atom stereocenters. The highest BCUT2D eigenvalue weighted by Gasteiger charge is 2.19. The number of aryl methyl sites for hydroxylation is 1. The van der Waals surface area contributed by atoms with Gasteiger partial charge in [0.2, 0.25) is 0 Å². The topological polar surface area (TPSA) is 83.4 Å². The Morgan fingerprint density at radius 3 is 2.52 bits per heavy atom. The van der Waals surface area contributed by atoms with E-state index in [1.807, 2.05) is 13.0 Å². The van der Waals surface area contributed by atoms with Gasteiger partial charge in [-0.15, -0.1) is 0 Å². The summed E-state index contributed by atoms with van der Waals surface area (Å²) < 4.78 is 10.5. The van der Waals surface area contributed by atoms with Gasteiger partial charge in [0.15, 0.2) is 11.5 Å². The maximum Gasteiger partial charge on any atom is 0.179 e. The largest absolute Gasteiger partial charge is 0.493 e. The number of hydrogen-bond acceptors (Lipinski definition) is 5. The third-order valence-corrected chi connectivity index (χ3v) is 3.65. The van der Waals surface area contributed by atoms with Crippen molar-refractivity contribution in [2.45, 2.75) is 13.0 Å². The summed E-state index contributed by atoms with van der Waals surface area (Å²) in [4.78, 5) is 4.09. The van der Waals surface area contributed by atoms with E-state index in [-0.39, 0.29) is 0 Å². The van der Waals surface area contributed by atoms with Crippen LogP contribution < -0.4 is 20.9 Å². The number of anilines is 1. The molecule has 1 heterocycles. The normalized spacial score (nSPS) is 12.0. The zero-order valence-corrected chi connectivity index (χ0v) is 12.9. The quantitative estimate of drug-likeness (QED) is 0.907. The maximum absolute atomic E-state index is 6.33. The lowest BCUT2D eigenvalue weighted by molar-refractivity contribution is 0.354. The van der Waals surface area contributed by atoms with Crippen LogP contribution in [0.5, 0.6) is 11.5 Å². The minimum absolute atomic E-state index is 0.411. The van der Waals surface area contributed by atoms with Gasteiger partial charge in [-0.1, -0.05) is 11.6 Å². The number of nitrogens with zero attached hydrogens (tertiary/aromatic N) is 1. The first-order chi connectivity index (χ1) is 9.99. The fourth-order valence-corrected chi connectivity index (χ4v) is 2.58. The molecule has 1 atom stereocenters. The van der Waals surface area contributed by atoms with E-state index in [2.05, 4.69) is 4.98 Å². The van der Waals surface area contributed by atoms with Crippen molar-refractivity contribution in [1.82, 2.24) is 4.98 Å². The Labute approximate surface area is 128 Å². The van der Waals surface area contributed by atoms with E-state index in [4.69, 9.17) is 32.5 Å². The van der Waals surface area contributed by atoms with E-state index < -0.39 is 6.04 Å².